The summed E-state index contributed by atoms with van der Waals surface area (Å²) in [5, 5.41) is -0.0179. The van der Waals surface area contributed by atoms with Gasteiger partial charge < -0.3 is 10.5 Å². The van der Waals surface area contributed by atoms with E-state index >= 15 is 0 Å². The number of nitrogens with zero attached hydrogens (tertiary/aromatic N) is 3. The molecule has 0 aliphatic rings. The zero-order valence-corrected chi connectivity index (χ0v) is 11.1. The van der Waals surface area contributed by atoms with Gasteiger partial charge in [-0.25, -0.2) is 14.8 Å². The van der Waals surface area contributed by atoms with Gasteiger partial charge in [0.25, 0.3) is 0 Å². The van der Waals surface area contributed by atoms with Crippen molar-refractivity contribution in [2.75, 3.05) is 12.8 Å². The number of nitrogens with two attached hydrogens (primary N) is 1. The Bertz CT molecular complexity index is 628. The summed E-state index contributed by atoms with van der Waals surface area (Å²) in [5.74, 6) is -0.372. The van der Waals surface area contributed by atoms with Crippen molar-refractivity contribution in [1.29, 1.82) is 0 Å². The second-order valence-electron chi connectivity index (χ2n) is 3.77. The third-order valence-corrected chi connectivity index (χ3v) is 2.80. The van der Waals surface area contributed by atoms with E-state index in [1.165, 1.54) is 7.11 Å². The van der Waals surface area contributed by atoms with E-state index in [4.69, 9.17) is 17.3 Å². The van der Waals surface area contributed by atoms with Crippen LogP contribution in [0.5, 0.6) is 0 Å². The predicted molar refractivity (Wildman–Crippen MR) is 70.8 cm³/mol. The molecule has 2 heterocycles. The van der Waals surface area contributed by atoms with Gasteiger partial charge in [-0.2, -0.15) is 0 Å². The first kappa shape index (κ1) is 13.2. The molecule has 2 N–H and O–H groups in total. The van der Waals surface area contributed by atoms with Gasteiger partial charge in [0.15, 0.2) is 11.5 Å². The Morgan fingerprint density at radius 3 is 2.68 bits per heavy atom. The van der Waals surface area contributed by atoms with Gasteiger partial charge in [0.05, 0.1) is 7.11 Å². The number of carbonyl (C=O) groups is 1. The van der Waals surface area contributed by atoms with Crippen LogP contribution in [-0.2, 0) is 4.74 Å². The van der Waals surface area contributed by atoms with Crippen molar-refractivity contribution in [1.82, 2.24) is 15.0 Å². The number of aryl methyl sites for hydroxylation is 1. The molecule has 19 heavy (non-hydrogen) atoms. The number of carbonyl (C=O) groups excluding carboxylic acids is 1. The zero-order chi connectivity index (χ0) is 14.0. The summed E-state index contributed by atoms with van der Waals surface area (Å²) in [5.41, 5.74) is 7.11. The highest BCUT2D eigenvalue weighted by Gasteiger charge is 2.18. The van der Waals surface area contributed by atoms with Crippen molar-refractivity contribution >= 4 is 23.4 Å². The lowest BCUT2D eigenvalue weighted by molar-refractivity contribution is 0.0594. The van der Waals surface area contributed by atoms with E-state index in [9.17, 15) is 4.79 Å². The Labute approximate surface area is 114 Å². The summed E-state index contributed by atoms with van der Waals surface area (Å²) in [7, 11) is 1.24. The molecular weight excluding hydrogens is 268 g/mol. The Hall–Kier alpha value is -2.21. The number of nitrogen functional groups attached to an aromatic ring is 1. The first-order valence-corrected chi connectivity index (χ1v) is 5.75. The van der Waals surface area contributed by atoms with Crippen molar-refractivity contribution < 1.29 is 9.53 Å². The molecule has 0 amide bonds. The quantitative estimate of drug-likeness (QED) is 0.843. The van der Waals surface area contributed by atoms with Gasteiger partial charge in [-0.3, -0.25) is 4.98 Å². The van der Waals surface area contributed by atoms with Crippen LogP contribution in [0.4, 0.5) is 5.82 Å². The van der Waals surface area contributed by atoms with E-state index in [1.54, 1.807) is 18.3 Å². The average molecular weight is 279 g/mol. The van der Waals surface area contributed by atoms with E-state index in [-0.39, 0.29) is 22.4 Å². The number of rotatable bonds is 2. The van der Waals surface area contributed by atoms with Crippen LogP contribution in [0.1, 0.15) is 16.2 Å². The molecule has 0 aliphatic heterocycles. The fourth-order valence-electron chi connectivity index (χ4n) is 1.43. The number of methoxy groups -OCH3 is 1. The second kappa shape index (κ2) is 5.19. The predicted octanol–water partition coefficient (Wildman–Crippen LogP) is 1.87. The monoisotopic (exact) mass is 278 g/mol. The molecule has 0 atom stereocenters. The number of anilines is 1. The summed E-state index contributed by atoms with van der Waals surface area (Å²) < 4.78 is 4.60. The highest BCUT2D eigenvalue weighted by atomic mass is 35.5. The zero-order valence-electron chi connectivity index (χ0n) is 10.3. The average Bonchev–Trinajstić information content (AvgIpc) is 2.41. The molecule has 0 saturated carbocycles. The third kappa shape index (κ3) is 2.63. The van der Waals surface area contributed by atoms with Gasteiger partial charge in [0, 0.05) is 17.5 Å². The van der Waals surface area contributed by atoms with Crippen molar-refractivity contribution in [3.63, 3.8) is 0 Å². The van der Waals surface area contributed by atoms with E-state index < -0.39 is 5.97 Å². The van der Waals surface area contributed by atoms with Crippen LogP contribution in [0.3, 0.4) is 0 Å². The van der Waals surface area contributed by atoms with E-state index in [1.807, 2.05) is 6.92 Å². The van der Waals surface area contributed by atoms with Gasteiger partial charge in [-0.15, -0.1) is 0 Å². The Morgan fingerprint density at radius 1 is 1.37 bits per heavy atom. The van der Waals surface area contributed by atoms with Crippen molar-refractivity contribution in [2.45, 2.75) is 6.92 Å². The van der Waals surface area contributed by atoms with E-state index in [0.717, 1.165) is 5.69 Å². The lowest BCUT2D eigenvalue weighted by atomic mass is 10.2. The number of ether oxygens (including phenoxy) is 1. The minimum Gasteiger partial charge on any atom is -0.464 e. The third-order valence-electron chi connectivity index (χ3n) is 2.43. The summed E-state index contributed by atoms with van der Waals surface area (Å²) in [6, 6.07) is 3.59. The Kier molecular flexibility index (Phi) is 3.62. The standard InChI is InChI=1S/C12H11ClN4O2/c1-6-3-4-7(5-15-6)11-16-9(12(18)19-2)8(13)10(14)17-11/h3-5H,1-2H3,(H2,14,16,17). The molecule has 0 fully saturated rings. The Morgan fingerprint density at radius 2 is 2.11 bits per heavy atom. The summed E-state index contributed by atoms with van der Waals surface area (Å²) in [4.78, 5) is 23.8. The SMILES string of the molecule is COC(=O)c1nc(-c2ccc(C)nc2)nc(N)c1Cl. The second-order valence-corrected chi connectivity index (χ2v) is 4.15. The number of hydrogen-bond donors (Lipinski definition) is 1. The minimum atomic E-state index is -0.666. The van der Waals surface area contributed by atoms with E-state index in [0.29, 0.717) is 5.56 Å². The number of aromatic nitrogens is 3. The molecule has 0 saturated heterocycles. The maximum atomic E-state index is 11.6. The van der Waals surface area contributed by atoms with Crippen LogP contribution < -0.4 is 5.73 Å². The normalized spacial score (nSPS) is 10.3. The highest BCUT2D eigenvalue weighted by Crippen LogP contribution is 2.24. The molecule has 0 aromatic carbocycles. The molecule has 7 heteroatoms. The molecule has 0 aliphatic carbocycles. The number of hydrogen-bond acceptors (Lipinski definition) is 6. The summed E-state index contributed by atoms with van der Waals surface area (Å²) >= 11 is 5.89. The molecule has 2 rings (SSSR count). The molecule has 0 bridgehead atoms. The highest BCUT2D eigenvalue weighted by molar-refractivity contribution is 6.35. The van der Waals surface area contributed by atoms with Crippen LogP contribution >= 0.6 is 11.6 Å². The fraction of sp³-hybridized carbons (Fsp3) is 0.167. The molecule has 6 nitrogen and oxygen atoms in total. The lowest BCUT2D eigenvalue weighted by Crippen LogP contribution is -2.10. The number of esters is 1. The van der Waals surface area contributed by atoms with Crippen LogP contribution in [0.2, 0.25) is 5.02 Å². The number of halogens is 1. The molecule has 0 spiro atoms. The van der Waals surface area contributed by atoms with Crippen LogP contribution in [0.25, 0.3) is 11.4 Å². The molecule has 0 unspecified atom stereocenters. The summed E-state index contributed by atoms with van der Waals surface area (Å²) in [6.07, 6.45) is 1.60. The molecular formula is C12H11ClN4O2. The Balaban J connectivity index is 2.56. The molecule has 2 aromatic rings. The van der Waals surface area contributed by atoms with Crippen LogP contribution in [0, 0.1) is 6.92 Å². The number of pyridine rings is 1. The molecule has 2 aromatic heterocycles. The molecule has 0 radical (unpaired) electrons. The van der Waals surface area contributed by atoms with Gasteiger partial charge in [-0.05, 0) is 19.1 Å². The summed E-state index contributed by atoms with van der Waals surface area (Å²) in [6.45, 7) is 1.86. The lowest BCUT2D eigenvalue weighted by Gasteiger charge is -2.07. The van der Waals surface area contributed by atoms with Crippen molar-refractivity contribution in [2.24, 2.45) is 0 Å². The van der Waals surface area contributed by atoms with Crippen molar-refractivity contribution in [3.8, 4) is 11.4 Å². The van der Waals surface area contributed by atoms with Crippen LogP contribution in [0.15, 0.2) is 18.3 Å². The maximum absolute atomic E-state index is 11.6. The van der Waals surface area contributed by atoms with Gasteiger partial charge >= 0.3 is 5.97 Å². The van der Waals surface area contributed by atoms with Crippen molar-refractivity contribution in [3.05, 3.63) is 34.7 Å². The van der Waals surface area contributed by atoms with Gasteiger partial charge in [-0.1, -0.05) is 11.6 Å². The van der Waals surface area contributed by atoms with Gasteiger partial charge in [0.1, 0.15) is 10.8 Å². The topological polar surface area (TPSA) is 91.0 Å². The first-order chi connectivity index (χ1) is 9.02. The largest absolute Gasteiger partial charge is 0.464 e. The molecule has 98 valence electrons. The minimum absolute atomic E-state index is 0.0179. The van der Waals surface area contributed by atoms with Crippen LogP contribution in [-0.4, -0.2) is 28.0 Å². The smallest absolute Gasteiger partial charge is 0.358 e. The first-order valence-electron chi connectivity index (χ1n) is 5.37. The fourth-order valence-corrected chi connectivity index (χ4v) is 1.59. The maximum Gasteiger partial charge on any atom is 0.358 e. The van der Waals surface area contributed by atoms with E-state index in [2.05, 4.69) is 19.7 Å². The van der Waals surface area contributed by atoms with Gasteiger partial charge in [0.2, 0.25) is 0 Å².